The van der Waals surface area contributed by atoms with Crippen LogP contribution in [0.2, 0.25) is 0 Å². The van der Waals surface area contributed by atoms with Gasteiger partial charge in [-0.3, -0.25) is 4.79 Å². The first-order valence-corrected chi connectivity index (χ1v) is 11.1. The summed E-state index contributed by atoms with van der Waals surface area (Å²) in [6.45, 7) is 3.72. The highest BCUT2D eigenvalue weighted by Gasteiger charge is 2.20. The number of hydrogen-bond acceptors (Lipinski definition) is 6. The van der Waals surface area contributed by atoms with Gasteiger partial charge in [0.1, 0.15) is 11.9 Å². The first kappa shape index (κ1) is 22.5. The summed E-state index contributed by atoms with van der Waals surface area (Å²) < 4.78 is 5.40. The molecule has 1 aliphatic rings. The second-order valence-corrected chi connectivity index (χ2v) is 7.85. The highest BCUT2D eigenvalue weighted by molar-refractivity contribution is 5.94. The minimum atomic E-state index is -0.509. The number of morpholine rings is 1. The van der Waals surface area contributed by atoms with Crippen LogP contribution in [-0.4, -0.2) is 43.7 Å². The Morgan fingerprint density at radius 2 is 1.82 bits per heavy atom. The summed E-state index contributed by atoms with van der Waals surface area (Å²) in [4.78, 5) is 19.8. The Morgan fingerprint density at radius 3 is 2.48 bits per heavy atom. The third-order valence-electron chi connectivity index (χ3n) is 5.62. The van der Waals surface area contributed by atoms with Gasteiger partial charge in [-0.25, -0.2) is 4.98 Å². The lowest BCUT2D eigenvalue weighted by molar-refractivity contribution is -0.118. The molecule has 1 saturated heterocycles. The second-order valence-electron chi connectivity index (χ2n) is 7.85. The Balaban J connectivity index is 1.39. The quantitative estimate of drug-likeness (QED) is 0.558. The molecule has 2 aromatic carbocycles. The maximum Gasteiger partial charge on any atom is 0.247 e. The number of rotatable bonds is 8. The molecule has 1 aliphatic heterocycles. The average molecular weight is 442 g/mol. The summed E-state index contributed by atoms with van der Waals surface area (Å²) >= 11 is 0. The molecule has 0 unspecified atom stereocenters. The van der Waals surface area contributed by atoms with Crippen LogP contribution in [0, 0.1) is 11.3 Å². The van der Waals surface area contributed by atoms with Crippen LogP contribution in [0.5, 0.6) is 0 Å². The summed E-state index contributed by atoms with van der Waals surface area (Å²) in [7, 11) is 0. The molecule has 7 nitrogen and oxygen atoms in total. The Morgan fingerprint density at radius 1 is 1.06 bits per heavy atom. The van der Waals surface area contributed by atoms with E-state index in [0.717, 1.165) is 36.3 Å². The molecule has 1 aromatic heterocycles. The van der Waals surface area contributed by atoms with Gasteiger partial charge in [0.25, 0.3) is 0 Å². The number of aromatic nitrogens is 1. The lowest BCUT2D eigenvalue weighted by Gasteiger charge is -2.28. The third kappa shape index (κ3) is 6.16. The predicted molar refractivity (Wildman–Crippen MR) is 128 cm³/mol. The Hall–Kier alpha value is -3.73. The molecule has 0 aliphatic carbocycles. The number of anilines is 2. The van der Waals surface area contributed by atoms with E-state index in [2.05, 4.69) is 26.6 Å². The molecule has 168 valence electrons. The van der Waals surface area contributed by atoms with E-state index >= 15 is 0 Å². The molecule has 2 N–H and O–H groups in total. The number of carbonyl (C=O) groups excluding carboxylic acids is 1. The number of nitrogens with zero attached hydrogens (tertiary/aromatic N) is 3. The summed E-state index contributed by atoms with van der Waals surface area (Å²) in [5.74, 6) is 0.361. The molecular weight excluding hydrogens is 414 g/mol. The SMILES string of the molecule is N#Cc1ccc(CCN[C@@H](C(=O)Nc2ccc(N3CCOCC3)cn2)c2ccccc2)cc1. The zero-order valence-electron chi connectivity index (χ0n) is 18.4. The Kier molecular flexibility index (Phi) is 7.64. The van der Waals surface area contributed by atoms with Gasteiger partial charge in [-0.05, 0) is 41.8 Å². The lowest BCUT2D eigenvalue weighted by Crippen LogP contribution is -2.36. The maximum atomic E-state index is 13.1. The normalized spacial score (nSPS) is 14.3. The predicted octanol–water partition coefficient (Wildman–Crippen LogP) is 3.30. The van der Waals surface area contributed by atoms with Gasteiger partial charge >= 0.3 is 0 Å². The van der Waals surface area contributed by atoms with Gasteiger partial charge in [0.15, 0.2) is 0 Å². The fraction of sp³-hybridized carbons (Fsp3) is 0.269. The van der Waals surface area contributed by atoms with Crippen molar-refractivity contribution in [2.75, 3.05) is 43.1 Å². The number of pyridine rings is 1. The van der Waals surface area contributed by atoms with Crippen molar-refractivity contribution < 1.29 is 9.53 Å². The van der Waals surface area contributed by atoms with Crippen LogP contribution in [0.3, 0.4) is 0 Å². The molecule has 0 radical (unpaired) electrons. The van der Waals surface area contributed by atoms with Gasteiger partial charge in [-0.15, -0.1) is 0 Å². The van der Waals surface area contributed by atoms with Crippen LogP contribution in [0.25, 0.3) is 0 Å². The van der Waals surface area contributed by atoms with Crippen molar-refractivity contribution in [1.29, 1.82) is 5.26 Å². The number of nitriles is 1. The molecule has 1 fully saturated rings. The number of ether oxygens (including phenoxy) is 1. The molecule has 0 bridgehead atoms. The fourth-order valence-electron chi connectivity index (χ4n) is 3.78. The Labute approximate surface area is 194 Å². The average Bonchev–Trinajstić information content (AvgIpc) is 2.88. The fourth-order valence-corrected chi connectivity index (χ4v) is 3.78. The Bertz CT molecular complexity index is 1070. The largest absolute Gasteiger partial charge is 0.378 e. The summed E-state index contributed by atoms with van der Waals surface area (Å²) in [5.41, 5.74) is 3.66. The topological polar surface area (TPSA) is 90.3 Å². The highest BCUT2D eigenvalue weighted by Crippen LogP contribution is 2.19. The van der Waals surface area contributed by atoms with Crippen molar-refractivity contribution in [3.05, 3.63) is 89.6 Å². The van der Waals surface area contributed by atoms with Crippen LogP contribution in [0.1, 0.15) is 22.7 Å². The summed E-state index contributed by atoms with van der Waals surface area (Å²) in [6.07, 6.45) is 2.53. The van der Waals surface area contributed by atoms with Crippen molar-refractivity contribution in [2.45, 2.75) is 12.5 Å². The molecule has 0 spiro atoms. The van der Waals surface area contributed by atoms with Crippen LogP contribution in [0.15, 0.2) is 72.9 Å². The van der Waals surface area contributed by atoms with Crippen molar-refractivity contribution >= 4 is 17.4 Å². The summed E-state index contributed by atoms with van der Waals surface area (Å²) in [6, 6.07) is 22.6. The highest BCUT2D eigenvalue weighted by atomic mass is 16.5. The van der Waals surface area contributed by atoms with Gasteiger partial charge < -0.3 is 20.3 Å². The zero-order valence-corrected chi connectivity index (χ0v) is 18.4. The molecule has 2 heterocycles. The molecule has 7 heteroatoms. The van der Waals surface area contributed by atoms with Gasteiger partial charge in [-0.2, -0.15) is 5.26 Å². The van der Waals surface area contributed by atoms with Gasteiger partial charge in [0.05, 0.1) is 36.7 Å². The van der Waals surface area contributed by atoms with E-state index in [1.54, 1.807) is 6.20 Å². The summed E-state index contributed by atoms with van der Waals surface area (Å²) in [5, 5.41) is 15.3. The van der Waals surface area contributed by atoms with Crippen molar-refractivity contribution in [3.8, 4) is 6.07 Å². The van der Waals surface area contributed by atoms with E-state index in [1.165, 1.54) is 0 Å². The first-order chi connectivity index (χ1) is 16.2. The smallest absolute Gasteiger partial charge is 0.247 e. The molecule has 4 rings (SSSR count). The second kappa shape index (κ2) is 11.2. The van der Waals surface area contributed by atoms with E-state index in [0.29, 0.717) is 31.1 Å². The van der Waals surface area contributed by atoms with Gasteiger partial charge in [0, 0.05) is 19.6 Å². The number of carbonyl (C=O) groups is 1. The van der Waals surface area contributed by atoms with Crippen LogP contribution < -0.4 is 15.5 Å². The van der Waals surface area contributed by atoms with E-state index < -0.39 is 6.04 Å². The zero-order chi connectivity index (χ0) is 22.9. The van der Waals surface area contributed by atoms with E-state index in [9.17, 15) is 4.79 Å². The maximum absolute atomic E-state index is 13.1. The van der Waals surface area contributed by atoms with Gasteiger partial charge in [-0.1, -0.05) is 42.5 Å². The minimum absolute atomic E-state index is 0.160. The number of amides is 1. The van der Waals surface area contributed by atoms with Crippen molar-refractivity contribution in [3.63, 3.8) is 0 Å². The van der Waals surface area contributed by atoms with Crippen LogP contribution in [-0.2, 0) is 16.0 Å². The van der Waals surface area contributed by atoms with Crippen LogP contribution in [0.4, 0.5) is 11.5 Å². The molecular formula is C26H27N5O2. The third-order valence-corrected chi connectivity index (χ3v) is 5.62. The molecule has 1 atom stereocenters. The molecule has 3 aromatic rings. The monoisotopic (exact) mass is 441 g/mol. The standard InChI is InChI=1S/C26H27N5O2/c27-18-21-8-6-20(7-9-21)12-13-28-25(22-4-2-1-3-5-22)26(32)30-24-11-10-23(19-29-24)31-14-16-33-17-15-31/h1-11,19,25,28H,12-17H2,(H,29,30,32)/t25-/m1/s1. The number of benzene rings is 2. The van der Waals surface area contributed by atoms with E-state index in [1.807, 2.05) is 66.7 Å². The van der Waals surface area contributed by atoms with E-state index in [-0.39, 0.29) is 5.91 Å². The lowest BCUT2D eigenvalue weighted by atomic mass is 10.1. The first-order valence-electron chi connectivity index (χ1n) is 11.1. The minimum Gasteiger partial charge on any atom is -0.378 e. The number of hydrogen-bond donors (Lipinski definition) is 2. The van der Waals surface area contributed by atoms with Gasteiger partial charge in [0.2, 0.25) is 5.91 Å². The van der Waals surface area contributed by atoms with Crippen LogP contribution >= 0.6 is 0 Å². The molecule has 0 saturated carbocycles. The van der Waals surface area contributed by atoms with Crippen molar-refractivity contribution in [1.82, 2.24) is 10.3 Å². The van der Waals surface area contributed by atoms with Crippen molar-refractivity contribution in [2.24, 2.45) is 0 Å². The molecule has 33 heavy (non-hydrogen) atoms. The molecule has 1 amide bonds. The van der Waals surface area contributed by atoms with E-state index in [4.69, 9.17) is 10.00 Å². The number of nitrogens with one attached hydrogen (secondary N) is 2.